The predicted molar refractivity (Wildman–Crippen MR) is 38.6 cm³/mol. The minimum Gasteiger partial charge on any atom is -0.380 e. The number of hydrogen-bond donors (Lipinski definition) is 1. The van der Waals surface area contributed by atoms with Crippen molar-refractivity contribution in [2.75, 3.05) is 13.7 Å². The van der Waals surface area contributed by atoms with Gasteiger partial charge in [0.05, 0.1) is 17.9 Å². The molecule has 6 nitrogen and oxygen atoms in total. The highest BCUT2D eigenvalue weighted by Crippen LogP contribution is 1.94. The summed E-state index contributed by atoms with van der Waals surface area (Å²) in [5, 5.41) is 3.01. The number of methoxy groups -OCH3 is 1. The average molecular weight is 161 g/mol. The summed E-state index contributed by atoms with van der Waals surface area (Å²) in [7, 11) is 1.47. The Morgan fingerprint density at radius 2 is 2.36 bits per heavy atom. The van der Waals surface area contributed by atoms with Crippen molar-refractivity contribution >= 4 is 6.03 Å². The second-order valence-corrected chi connectivity index (χ2v) is 2.05. The van der Waals surface area contributed by atoms with Gasteiger partial charge in [-0.05, 0) is 6.92 Å². The van der Waals surface area contributed by atoms with Crippen LogP contribution >= 0.6 is 0 Å². The number of ether oxygens (including phenoxy) is 1. The van der Waals surface area contributed by atoms with E-state index in [-0.39, 0.29) is 12.6 Å². The molecule has 0 spiro atoms. The number of carbonyl (C=O) groups is 1. The number of urea groups is 1. The summed E-state index contributed by atoms with van der Waals surface area (Å²) < 4.78 is 4.78. The van der Waals surface area contributed by atoms with Gasteiger partial charge in [0.2, 0.25) is 0 Å². The van der Waals surface area contributed by atoms with Gasteiger partial charge in [0.1, 0.15) is 0 Å². The Balaban J connectivity index is 3.87. The Hall–Kier alpha value is -1.17. The van der Waals surface area contributed by atoms with Crippen LogP contribution in [0.5, 0.6) is 0 Å². The van der Waals surface area contributed by atoms with Gasteiger partial charge in [-0.25, -0.2) is 4.79 Å². The molecule has 0 aliphatic carbocycles. The van der Waals surface area contributed by atoms with Crippen LogP contribution in [-0.4, -0.2) is 30.8 Å². The van der Waals surface area contributed by atoms with Crippen molar-refractivity contribution in [1.29, 1.82) is 0 Å². The Morgan fingerprint density at radius 3 is 2.64 bits per heavy atom. The fourth-order valence-corrected chi connectivity index (χ4v) is 0.482. The van der Waals surface area contributed by atoms with Gasteiger partial charge in [0.25, 0.3) is 0 Å². The zero-order valence-electron chi connectivity index (χ0n) is 6.48. The molecule has 1 unspecified atom stereocenters. The van der Waals surface area contributed by atoms with Crippen molar-refractivity contribution in [3.8, 4) is 0 Å². The Morgan fingerprint density at radius 1 is 1.82 bits per heavy atom. The Kier molecular flexibility index (Phi) is 4.12. The number of amides is 2. The van der Waals surface area contributed by atoms with Crippen molar-refractivity contribution in [3.05, 3.63) is 4.91 Å². The zero-order chi connectivity index (χ0) is 8.85. The maximum absolute atomic E-state index is 10.4. The average Bonchev–Trinajstić information content (AvgIpc) is 1.99. The number of rotatable bonds is 4. The van der Waals surface area contributed by atoms with Gasteiger partial charge >= 0.3 is 6.03 Å². The maximum Gasteiger partial charge on any atom is 0.337 e. The molecule has 0 saturated carbocycles. The first-order valence-corrected chi connectivity index (χ1v) is 3.04. The lowest BCUT2D eigenvalue weighted by molar-refractivity contribution is 0.0877. The molecule has 6 heteroatoms. The topological polar surface area (TPSA) is 85.0 Å². The van der Waals surface area contributed by atoms with Crippen LogP contribution in [0.4, 0.5) is 4.79 Å². The molecule has 0 bridgehead atoms. The normalized spacial score (nSPS) is 12.2. The Labute approximate surface area is 64.2 Å². The summed E-state index contributed by atoms with van der Waals surface area (Å²) in [6.45, 7) is 1.77. The highest BCUT2D eigenvalue weighted by Gasteiger charge is 2.12. The molecule has 0 fully saturated rings. The van der Waals surface area contributed by atoms with Crippen molar-refractivity contribution in [2.24, 2.45) is 11.0 Å². The fourth-order valence-electron chi connectivity index (χ4n) is 0.482. The van der Waals surface area contributed by atoms with E-state index in [1.54, 1.807) is 6.92 Å². The van der Waals surface area contributed by atoms with Crippen LogP contribution in [0, 0.1) is 4.91 Å². The first-order valence-electron chi connectivity index (χ1n) is 3.04. The molecule has 64 valence electrons. The minimum atomic E-state index is -0.871. The van der Waals surface area contributed by atoms with Crippen LogP contribution in [0.15, 0.2) is 5.29 Å². The molecule has 0 heterocycles. The molecular formula is C5H11N3O3. The third-order valence-corrected chi connectivity index (χ3v) is 1.19. The van der Waals surface area contributed by atoms with E-state index in [2.05, 4.69) is 5.29 Å². The van der Waals surface area contributed by atoms with E-state index in [0.717, 1.165) is 0 Å². The smallest absolute Gasteiger partial charge is 0.337 e. The number of nitroso groups, excluding NO2 is 1. The molecule has 2 N–H and O–H groups in total. The van der Waals surface area contributed by atoms with Crippen LogP contribution in [0.25, 0.3) is 0 Å². The SMILES string of the molecule is COC(C)CN(N=O)C(N)=O. The molecule has 0 aliphatic heterocycles. The van der Waals surface area contributed by atoms with Crippen molar-refractivity contribution < 1.29 is 9.53 Å². The highest BCUT2D eigenvalue weighted by molar-refractivity contribution is 5.71. The summed E-state index contributed by atoms with van der Waals surface area (Å²) in [6.07, 6.45) is -0.250. The molecule has 0 radical (unpaired) electrons. The molecule has 0 saturated heterocycles. The standard InChI is InChI=1S/C5H11N3O3/c1-4(11-2)3-8(7-10)5(6)9/h4H,3H2,1-2H3,(H2,6,9). The number of carbonyl (C=O) groups excluding carboxylic acids is 1. The van der Waals surface area contributed by atoms with E-state index in [9.17, 15) is 9.70 Å². The highest BCUT2D eigenvalue weighted by atomic mass is 16.5. The van der Waals surface area contributed by atoms with E-state index in [4.69, 9.17) is 10.5 Å². The molecule has 0 rings (SSSR count). The largest absolute Gasteiger partial charge is 0.380 e. The first-order chi connectivity index (χ1) is 5.11. The molecule has 0 aromatic rings. The Bertz CT molecular complexity index is 150. The predicted octanol–water partition coefficient (Wildman–Crippen LogP) is 0.0834. The van der Waals surface area contributed by atoms with E-state index >= 15 is 0 Å². The second kappa shape index (κ2) is 4.62. The van der Waals surface area contributed by atoms with Gasteiger partial charge in [0.15, 0.2) is 0 Å². The molecular weight excluding hydrogens is 150 g/mol. The van der Waals surface area contributed by atoms with E-state index in [1.807, 2.05) is 0 Å². The summed E-state index contributed by atoms with van der Waals surface area (Å²) in [4.78, 5) is 20.3. The lowest BCUT2D eigenvalue weighted by Crippen LogP contribution is -2.36. The summed E-state index contributed by atoms with van der Waals surface area (Å²) in [6, 6.07) is -0.871. The quantitative estimate of drug-likeness (QED) is 0.468. The van der Waals surface area contributed by atoms with Crippen LogP contribution in [0.1, 0.15) is 6.92 Å². The first kappa shape index (κ1) is 9.83. The van der Waals surface area contributed by atoms with Crippen LogP contribution in [-0.2, 0) is 4.74 Å². The fraction of sp³-hybridized carbons (Fsp3) is 0.800. The van der Waals surface area contributed by atoms with E-state index in [0.29, 0.717) is 5.01 Å². The summed E-state index contributed by atoms with van der Waals surface area (Å²) >= 11 is 0. The van der Waals surface area contributed by atoms with Gasteiger partial charge in [0, 0.05) is 7.11 Å². The number of nitrogens with two attached hydrogens (primary N) is 1. The molecule has 0 aromatic heterocycles. The van der Waals surface area contributed by atoms with Crippen molar-refractivity contribution in [2.45, 2.75) is 13.0 Å². The zero-order valence-corrected chi connectivity index (χ0v) is 6.48. The van der Waals surface area contributed by atoms with Crippen molar-refractivity contribution in [1.82, 2.24) is 5.01 Å². The van der Waals surface area contributed by atoms with Crippen LogP contribution in [0.3, 0.4) is 0 Å². The van der Waals surface area contributed by atoms with Gasteiger partial charge < -0.3 is 10.5 Å². The molecule has 0 aromatic carbocycles. The molecule has 1 atom stereocenters. The van der Waals surface area contributed by atoms with Gasteiger partial charge in [-0.1, -0.05) is 0 Å². The van der Waals surface area contributed by atoms with E-state index < -0.39 is 6.03 Å². The minimum absolute atomic E-state index is 0.0787. The molecule has 2 amide bonds. The third-order valence-electron chi connectivity index (χ3n) is 1.19. The van der Waals surface area contributed by atoms with Crippen LogP contribution < -0.4 is 5.73 Å². The molecule has 11 heavy (non-hydrogen) atoms. The van der Waals surface area contributed by atoms with Gasteiger partial charge in [-0.2, -0.15) is 5.01 Å². The number of hydrogen-bond acceptors (Lipinski definition) is 4. The monoisotopic (exact) mass is 161 g/mol. The van der Waals surface area contributed by atoms with Gasteiger partial charge in [-0.3, -0.25) is 0 Å². The number of nitrogens with zero attached hydrogens (tertiary/aromatic N) is 2. The summed E-state index contributed by atoms with van der Waals surface area (Å²) in [5.74, 6) is 0. The third kappa shape index (κ3) is 3.51. The maximum atomic E-state index is 10.4. The summed E-state index contributed by atoms with van der Waals surface area (Å²) in [5.41, 5.74) is 4.79. The molecule has 0 aliphatic rings. The lowest BCUT2D eigenvalue weighted by Gasteiger charge is -2.14. The second-order valence-electron chi connectivity index (χ2n) is 2.05. The van der Waals surface area contributed by atoms with E-state index in [1.165, 1.54) is 7.11 Å². The lowest BCUT2D eigenvalue weighted by atomic mass is 10.4. The van der Waals surface area contributed by atoms with Crippen molar-refractivity contribution in [3.63, 3.8) is 0 Å². The van der Waals surface area contributed by atoms with Crippen LogP contribution in [0.2, 0.25) is 0 Å². The number of primary amides is 1. The van der Waals surface area contributed by atoms with Gasteiger partial charge in [-0.15, -0.1) is 4.91 Å².